The van der Waals surface area contributed by atoms with Gasteiger partial charge >= 0.3 is 0 Å². The van der Waals surface area contributed by atoms with E-state index in [1.807, 2.05) is 42.7 Å². The lowest BCUT2D eigenvalue weighted by molar-refractivity contribution is 0.409. The topological polar surface area (TPSA) is 63.5 Å². The number of para-hydroxylation sites is 3. The molecule has 1 heterocycles. The Hall–Kier alpha value is -3.07. The van der Waals surface area contributed by atoms with Gasteiger partial charge in [0.25, 0.3) is 0 Å². The second-order valence-electron chi connectivity index (χ2n) is 7.59. The van der Waals surface area contributed by atoms with Gasteiger partial charge in [0.1, 0.15) is 5.75 Å². The lowest BCUT2D eigenvalue weighted by Crippen LogP contribution is -2.37. The number of guanidine groups is 1. The number of ether oxygens (including phenoxy) is 1. The first-order valence-corrected chi connectivity index (χ1v) is 10.8. The lowest BCUT2D eigenvalue weighted by Gasteiger charge is -2.13. The van der Waals surface area contributed by atoms with Gasteiger partial charge in [0.05, 0.1) is 24.5 Å². The normalized spacial score (nSPS) is 11.2. The Bertz CT molecular complexity index is 1190. The van der Waals surface area contributed by atoms with Gasteiger partial charge in [-0.25, -0.2) is 4.98 Å². The summed E-state index contributed by atoms with van der Waals surface area (Å²) in [6.45, 7) is 2.29. The van der Waals surface area contributed by atoms with E-state index in [-0.39, 0.29) is 24.0 Å². The summed E-state index contributed by atoms with van der Waals surface area (Å²) >= 11 is 0. The van der Waals surface area contributed by atoms with Gasteiger partial charge in [-0.2, -0.15) is 0 Å². The van der Waals surface area contributed by atoms with Crippen molar-refractivity contribution in [2.24, 2.45) is 4.99 Å². The summed E-state index contributed by atoms with van der Waals surface area (Å²) < 4.78 is 7.60. The van der Waals surface area contributed by atoms with Crippen molar-refractivity contribution in [1.82, 2.24) is 20.2 Å². The minimum atomic E-state index is 0. The minimum absolute atomic E-state index is 0. The zero-order valence-electron chi connectivity index (χ0n) is 19.0. The van der Waals surface area contributed by atoms with Crippen molar-refractivity contribution in [3.05, 3.63) is 95.8 Å². The Morgan fingerprint density at radius 1 is 0.939 bits per heavy atom. The molecule has 0 unspecified atom stereocenters. The number of rotatable bonds is 8. The average Bonchev–Trinajstić information content (AvgIpc) is 3.25. The zero-order valence-corrected chi connectivity index (χ0v) is 21.3. The Balaban J connectivity index is 0.00000306. The van der Waals surface area contributed by atoms with Crippen LogP contribution < -0.4 is 15.4 Å². The van der Waals surface area contributed by atoms with Crippen molar-refractivity contribution >= 4 is 41.0 Å². The van der Waals surface area contributed by atoms with Crippen LogP contribution in [0, 0.1) is 0 Å². The van der Waals surface area contributed by atoms with E-state index in [0.717, 1.165) is 42.3 Å². The molecule has 7 heteroatoms. The SMILES string of the molecule is CN=C(NCCc1ccccc1OC)NCc1ccc(Cn2cnc3ccccc32)cc1.I. The van der Waals surface area contributed by atoms with Gasteiger partial charge in [0, 0.05) is 26.7 Å². The molecule has 0 bridgehead atoms. The van der Waals surface area contributed by atoms with E-state index in [1.54, 1.807) is 14.2 Å². The Kier molecular flexibility index (Phi) is 9.12. The number of methoxy groups -OCH3 is 1. The molecule has 0 spiro atoms. The average molecular weight is 555 g/mol. The Morgan fingerprint density at radius 2 is 1.67 bits per heavy atom. The Morgan fingerprint density at radius 3 is 2.45 bits per heavy atom. The van der Waals surface area contributed by atoms with Gasteiger partial charge in [0.2, 0.25) is 0 Å². The molecule has 1 aromatic heterocycles. The second-order valence-corrected chi connectivity index (χ2v) is 7.59. The van der Waals surface area contributed by atoms with Crippen LogP contribution in [0.25, 0.3) is 11.0 Å². The molecule has 0 saturated heterocycles. The third-order valence-corrected chi connectivity index (χ3v) is 5.47. The monoisotopic (exact) mass is 555 g/mol. The number of imidazole rings is 1. The molecular weight excluding hydrogens is 525 g/mol. The van der Waals surface area contributed by atoms with Gasteiger partial charge in [-0.05, 0) is 41.3 Å². The number of fused-ring (bicyclic) bond motifs is 1. The van der Waals surface area contributed by atoms with E-state index in [2.05, 4.69) is 61.6 Å². The summed E-state index contributed by atoms with van der Waals surface area (Å²) in [5.74, 6) is 1.70. The smallest absolute Gasteiger partial charge is 0.191 e. The molecule has 4 rings (SSSR count). The van der Waals surface area contributed by atoms with Crippen molar-refractivity contribution in [1.29, 1.82) is 0 Å². The summed E-state index contributed by atoms with van der Waals surface area (Å²) in [6, 6.07) is 25.0. The van der Waals surface area contributed by atoms with Gasteiger partial charge in [-0.3, -0.25) is 4.99 Å². The summed E-state index contributed by atoms with van der Waals surface area (Å²) in [4.78, 5) is 8.80. The molecule has 0 aliphatic rings. The molecule has 0 saturated carbocycles. The van der Waals surface area contributed by atoms with Crippen LogP contribution in [0.4, 0.5) is 0 Å². The molecular formula is C26H30IN5O. The van der Waals surface area contributed by atoms with Crippen LogP contribution in [0.1, 0.15) is 16.7 Å². The summed E-state index contributed by atoms with van der Waals surface area (Å²) in [7, 11) is 3.49. The van der Waals surface area contributed by atoms with Crippen LogP contribution in [-0.2, 0) is 19.5 Å². The number of aromatic nitrogens is 2. The third-order valence-electron chi connectivity index (χ3n) is 5.47. The quantitative estimate of drug-likeness (QED) is 0.189. The van der Waals surface area contributed by atoms with Crippen LogP contribution >= 0.6 is 24.0 Å². The van der Waals surface area contributed by atoms with Crippen molar-refractivity contribution < 1.29 is 4.74 Å². The fourth-order valence-electron chi connectivity index (χ4n) is 3.73. The number of halogens is 1. The van der Waals surface area contributed by atoms with Gasteiger partial charge < -0.3 is 19.9 Å². The maximum absolute atomic E-state index is 5.42. The van der Waals surface area contributed by atoms with Crippen molar-refractivity contribution in [3.8, 4) is 5.75 Å². The molecule has 2 N–H and O–H groups in total. The summed E-state index contributed by atoms with van der Waals surface area (Å²) in [5, 5.41) is 6.75. The highest BCUT2D eigenvalue weighted by molar-refractivity contribution is 14.0. The van der Waals surface area contributed by atoms with Gasteiger partial charge in [0.15, 0.2) is 5.96 Å². The zero-order chi connectivity index (χ0) is 22.2. The highest BCUT2D eigenvalue weighted by Crippen LogP contribution is 2.17. The predicted molar refractivity (Wildman–Crippen MR) is 146 cm³/mol. The number of nitrogens with zero attached hydrogens (tertiary/aromatic N) is 3. The van der Waals surface area contributed by atoms with Crippen LogP contribution in [-0.4, -0.2) is 36.2 Å². The highest BCUT2D eigenvalue weighted by atomic mass is 127. The van der Waals surface area contributed by atoms with Crippen LogP contribution in [0.15, 0.2) is 84.1 Å². The molecule has 0 fully saturated rings. The van der Waals surface area contributed by atoms with E-state index in [1.165, 1.54) is 16.7 Å². The van der Waals surface area contributed by atoms with Gasteiger partial charge in [-0.1, -0.05) is 54.6 Å². The van der Waals surface area contributed by atoms with Crippen LogP contribution in [0.2, 0.25) is 0 Å². The molecule has 33 heavy (non-hydrogen) atoms. The number of hydrogen-bond acceptors (Lipinski definition) is 3. The maximum atomic E-state index is 5.42. The largest absolute Gasteiger partial charge is 0.496 e. The van der Waals surface area contributed by atoms with Crippen molar-refractivity contribution in [2.45, 2.75) is 19.5 Å². The number of aliphatic imine (C=N–C) groups is 1. The minimum Gasteiger partial charge on any atom is -0.496 e. The second kappa shape index (κ2) is 12.2. The van der Waals surface area contributed by atoms with Crippen LogP contribution in [0.3, 0.4) is 0 Å². The molecule has 3 aromatic carbocycles. The standard InChI is InChI=1S/C26H29N5O.HI/c1-27-26(28-16-15-22-7-3-6-10-25(22)32-2)29-17-20-11-13-21(14-12-20)18-31-19-30-23-8-4-5-9-24(23)31;/h3-14,19H,15-18H2,1-2H3,(H2,27,28,29);1H. The number of nitrogens with one attached hydrogen (secondary N) is 2. The lowest BCUT2D eigenvalue weighted by atomic mass is 10.1. The molecule has 0 radical (unpaired) electrons. The molecule has 6 nitrogen and oxygen atoms in total. The van der Waals surface area contributed by atoms with E-state index >= 15 is 0 Å². The Labute approximate surface area is 212 Å². The fourth-order valence-corrected chi connectivity index (χ4v) is 3.73. The van der Waals surface area contributed by atoms with Crippen molar-refractivity contribution in [3.63, 3.8) is 0 Å². The maximum Gasteiger partial charge on any atom is 0.191 e. The number of hydrogen-bond donors (Lipinski definition) is 2. The molecule has 4 aromatic rings. The number of benzene rings is 3. The van der Waals surface area contributed by atoms with E-state index in [9.17, 15) is 0 Å². The molecule has 172 valence electrons. The molecule has 0 aliphatic heterocycles. The van der Waals surface area contributed by atoms with Crippen molar-refractivity contribution in [2.75, 3.05) is 20.7 Å². The van der Waals surface area contributed by atoms with E-state index < -0.39 is 0 Å². The summed E-state index contributed by atoms with van der Waals surface area (Å²) in [5.41, 5.74) is 5.81. The first kappa shape index (κ1) is 24.6. The predicted octanol–water partition coefficient (Wildman–Crippen LogP) is 4.62. The van der Waals surface area contributed by atoms with E-state index in [0.29, 0.717) is 6.54 Å². The highest BCUT2D eigenvalue weighted by Gasteiger charge is 2.05. The first-order chi connectivity index (χ1) is 15.8. The fraction of sp³-hybridized carbons (Fsp3) is 0.231. The van der Waals surface area contributed by atoms with Gasteiger partial charge in [-0.15, -0.1) is 24.0 Å². The van der Waals surface area contributed by atoms with E-state index in [4.69, 9.17) is 4.74 Å². The van der Waals surface area contributed by atoms with Crippen LogP contribution in [0.5, 0.6) is 5.75 Å². The first-order valence-electron chi connectivity index (χ1n) is 10.8. The molecule has 0 atom stereocenters. The summed E-state index contributed by atoms with van der Waals surface area (Å²) in [6.07, 6.45) is 2.77. The third kappa shape index (κ3) is 6.47. The molecule has 0 aliphatic carbocycles. The molecule has 0 amide bonds.